The number of aliphatic carboxylic acids is 1. The second kappa shape index (κ2) is 3.77. The lowest BCUT2D eigenvalue weighted by molar-refractivity contribution is -0.137. The summed E-state index contributed by atoms with van der Waals surface area (Å²) in [6, 6.07) is 0. The first-order valence-electron chi connectivity index (χ1n) is 4.44. The van der Waals surface area contributed by atoms with E-state index in [4.69, 9.17) is 9.63 Å². The standard InChI is InChI=1S/C9H14N2O3/c1-9(2,3)8-10-6(11-14-8)4-5-7(12)13/h4-5H2,1-3H3,(H,12,13). The molecule has 0 aliphatic rings. The predicted octanol–water partition coefficient (Wildman–Crippen LogP) is 1.38. The number of carboxylic acid groups (broad SMARTS) is 1. The summed E-state index contributed by atoms with van der Waals surface area (Å²) in [5.74, 6) is 0.141. The van der Waals surface area contributed by atoms with Gasteiger partial charge >= 0.3 is 5.97 Å². The van der Waals surface area contributed by atoms with Crippen molar-refractivity contribution in [2.24, 2.45) is 0 Å². The van der Waals surface area contributed by atoms with Crippen LogP contribution in [0.25, 0.3) is 0 Å². The molecule has 1 N–H and O–H groups in total. The molecule has 1 aromatic heterocycles. The lowest BCUT2D eigenvalue weighted by Gasteiger charge is -2.10. The summed E-state index contributed by atoms with van der Waals surface area (Å²) >= 11 is 0. The molecule has 0 saturated heterocycles. The van der Waals surface area contributed by atoms with Crippen molar-refractivity contribution >= 4 is 5.97 Å². The molecule has 0 bridgehead atoms. The highest BCUT2D eigenvalue weighted by Crippen LogP contribution is 2.19. The molecule has 0 atom stereocenters. The summed E-state index contributed by atoms with van der Waals surface area (Å²) in [4.78, 5) is 14.4. The summed E-state index contributed by atoms with van der Waals surface area (Å²) in [7, 11) is 0. The highest BCUT2D eigenvalue weighted by molar-refractivity contribution is 5.66. The first-order chi connectivity index (χ1) is 6.39. The van der Waals surface area contributed by atoms with Crippen molar-refractivity contribution in [1.82, 2.24) is 10.1 Å². The average Bonchev–Trinajstić information content (AvgIpc) is 2.47. The van der Waals surface area contributed by atoms with Crippen molar-refractivity contribution in [3.63, 3.8) is 0 Å². The minimum atomic E-state index is -0.855. The van der Waals surface area contributed by atoms with E-state index in [1.54, 1.807) is 0 Å². The van der Waals surface area contributed by atoms with Crippen molar-refractivity contribution in [2.45, 2.75) is 39.0 Å². The maximum absolute atomic E-state index is 10.3. The van der Waals surface area contributed by atoms with Gasteiger partial charge in [-0.25, -0.2) is 0 Å². The van der Waals surface area contributed by atoms with Crippen LogP contribution >= 0.6 is 0 Å². The molecule has 5 heteroatoms. The van der Waals surface area contributed by atoms with Crippen molar-refractivity contribution in [3.05, 3.63) is 11.7 Å². The highest BCUT2D eigenvalue weighted by atomic mass is 16.5. The van der Waals surface area contributed by atoms with Crippen LogP contribution in [0.3, 0.4) is 0 Å². The van der Waals surface area contributed by atoms with Crippen molar-refractivity contribution in [2.75, 3.05) is 0 Å². The summed E-state index contributed by atoms with van der Waals surface area (Å²) in [6.07, 6.45) is 0.345. The number of carbonyl (C=O) groups is 1. The van der Waals surface area contributed by atoms with Crippen LogP contribution in [0.4, 0.5) is 0 Å². The van der Waals surface area contributed by atoms with Gasteiger partial charge in [0, 0.05) is 11.8 Å². The lowest BCUT2D eigenvalue weighted by atomic mass is 9.97. The van der Waals surface area contributed by atoms with E-state index in [1.165, 1.54) is 0 Å². The van der Waals surface area contributed by atoms with E-state index in [-0.39, 0.29) is 11.8 Å². The number of rotatable bonds is 3. The number of aromatic nitrogens is 2. The van der Waals surface area contributed by atoms with Crippen molar-refractivity contribution in [1.29, 1.82) is 0 Å². The molecule has 0 aliphatic carbocycles. The smallest absolute Gasteiger partial charge is 0.303 e. The van der Waals surface area contributed by atoms with Gasteiger partial charge in [-0.3, -0.25) is 4.79 Å². The first kappa shape index (κ1) is 10.7. The van der Waals surface area contributed by atoms with Gasteiger partial charge in [0.15, 0.2) is 5.82 Å². The van der Waals surface area contributed by atoms with Crippen LogP contribution in [-0.2, 0) is 16.6 Å². The molecule has 0 aromatic carbocycles. The zero-order valence-electron chi connectivity index (χ0n) is 8.57. The Bertz CT molecular complexity index is 325. The molecule has 0 spiro atoms. The third-order valence-electron chi connectivity index (χ3n) is 1.67. The van der Waals surface area contributed by atoms with Gasteiger partial charge in [0.25, 0.3) is 0 Å². The molecule has 0 unspecified atom stereocenters. The van der Waals surface area contributed by atoms with Gasteiger partial charge < -0.3 is 9.63 Å². The van der Waals surface area contributed by atoms with E-state index < -0.39 is 5.97 Å². The number of aryl methyl sites for hydroxylation is 1. The van der Waals surface area contributed by atoms with Gasteiger partial charge in [0.2, 0.25) is 5.89 Å². The van der Waals surface area contributed by atoms with Crippen molar-refractivity contribution < 1.29 is 14.4 Å². The van der Waals surface area contributed by atoms with Gasteiger partial charge in [-0.2, -0.15) is 4.98 Å². The van der Waals surface area contributed by atoms with Gasteiger partial charge in [-0.1, -0.05) is 25.9 Å². The average molecular weight is 198 g/mol. The Morgan fingerprint density at radius 2 is 2.14 bits per heavy atom. The lowest BCUT2D eigenvalue weighted by Crippen LogP contribution is -2.11. The van der Waals surface area contributed by atoms with E-state index in [1.807, 2.05) is 20.8 Å². The summed E-state index contributed by atoms with van der Waals surface area (Å²) in [5.41, 5.74) is -0.186. The number of carboxylic acids is 1. The highest BCUT2D eigenvalue weighted by Gasteiger charge is 2.21. The van der Waals surface area contributed by atoms with E-state index in [9.17, 15) is 4.79 Å². The zero-order chi connectivity index (χ0) is 10.8. The van der Waals surface area contributed by atoms with Crippen LogP contribution < -0.4 is 0 Å². The van der Waals surface area contributed by atoms with Gasteiger partial charge in [-0.05, 0) is 0 Å². The SMILES string of the molecule is CC(C)(C)c1nc(CCC(=O)O)no1. The van der Waals surface area contributed by atoms with E-state index in [0.29, 0.717) is 18.1 Å². The number of hydrogen-bond acceptors (Lipinski definition) is 4. The van der Waals surface area contributed by atoms with Gasteiger partial charge in [0.05, 0.1) is 6.42 Å². The quantitative estimate of drug-likeness (QED) is 0.794. The Hall–Kier alpha value is -1.39. The van der Waals surface area contributed by atoms with Crippen LogP contribution in [0.15, 0.2) is 4.52 Å². The normalized spacial score (nSPS) is 11.6. The monoisotopic (exact) mass is 198 g/mol. The molecule has 0 saturated carbocycles. The summed E-state index contributed by atoms with van der Waals surface area (Å²) in [5, 5.41) is 12.2. The molecule has 1 rings (SSSR count). The minimum Gasteiger partial charge on any atom is -0.481 e. The second-order valence-electron chi connectivity index (χ2n) is 4.16. The molecular formula is C9H14N2O3. The fourth-order valence-corrected chi connectivity index (χ4v) is 0.879. The largest absolute Gasteiger partial charge is 0.481 e. The zero-order valence-corrected chi connectivity index (χ0v) is 8.57. The predicted molar refractivity (Wildman–Crippen MR) is 49.0 cm³/mol. The Morgan fingerprint density at radius 1 is 1.50 bits per heavy atom. The molecular weight excluding hydrogens is 184 g/mol. The molecule has 5 nitrogen and oxygen atoms in total. The van der Waals surface area contributed by atoms with Crippen LogP contribution in [0.5, 0.6) is 0 Å². The third-order valence-corrected chi connectivity index (χ3v) is 1.67. The Labute approximate surface area is 82.1 Å². The minimum absolute atomic E-state index is 0.0309. The molecule has 0 radical (unpaired) electrons. The Morgan fingerprint density at radius 3 is 2.57 bits per heavy atom. The van der Waals surface area contributed by atoms with Crippen LogP contribution in [0.1, 0.15) is 38.9 Å². The molecule has 1 aromatic rings. The Balaban J connectivity index is 2.64. The molecule has 0 aliphatic heterocycles. The van der Waals surface area contributed by atoms with Crippen LogP contribution in [0.2, 0.25) is 0 Å². The van der Waals surface area contributed by atoms with E-state index >= 15 is 0 Å². The first-order valence-corrected chi connectivity index (χ1v) is 4.44. The summed E-state index contributed by atoms with van der Waals surface area (Å²) < 4.78 is 5.01. The molecule has 0 fully saturated rings. The summed E-state index contributed by atoms with van der Waals surface area (Å²) in [6.45, 7) is 5.88. The van der Waals surface area contributed by atoms with Crippen LogP contribution in [0, 0.1) is 0 Å². The van der Waals surface area contributed by atoms with Gasteiger partial charge in [-0.15, -0.1) is 0 Å². The molecule has 14 heavy (non-hydrogen) atoms. The maximum Gasteiger partial charge on any atom is 0.303 e. The third kappa shape index (κ3) is 2.83. The number of nitrogens with zero attached hydrogens (tertiary/aromatic N) is 2. The molecule has 0 amide bonds. The number of hydrogen-bond donors (Lipinski definition) is 1. The molecule has 1 heterocycles. The van der Waals surface area contributed by atoms with Crippen LogP contribution in [-0.4, -0.2) is 21.2 Å². The van der Waals surface area contributed by atoms with Crippen molar-refractivity contribution in [3.8, 4) is 0 Å². The topological polar surface area (TPSA) is 76.2 Å². The fraction of sp³-hybridized carbons (Fsp3) is 0.667. The Kier molecular flexibility index (Phi) is 2.88. The maximum atomic E-state index is 10.3. The fourth-order valence-electron chi connectivity index (χ4n) is 0.879. The molecule has 78 valence electrons. The van der Waals surface area contributed by atoms with E-state index in [0.717, 1.165) is 0 Å². The van der Waals surface area contributed by atoms with E-state index in [2.05, 4.69) is 10.1 Å². The second-order valence-corrected chi connectivity index (χ2v) is 4.16. The van der Waals surface area contributed by atoms with Gasteiger partial charge in [0.1, 0.15) is 0 Å².